The van der Waals surface area contributed by atoms with Crippen molar-refractivity contribution < 1.29 is 28.3 Å². The molecular weight excluding hydrogens is 470 g/mol. The van der Waals surface area contributed by atoms with Gasteiger partial charge in [-0.2, -0.15) is 0 Å². The zero-order valence-electron chi connectivity index (χ0n) is 18.9. The smallest absolute Gasteiger partial charge is 0.261 e. The van der Waals surface area contributed by atoms with Crippen LogP contribution in [-0.4, -0.2) is 37.1 Å². The van der Waals surface area contributed by atoms with Crippen LogP contribution in [-0.2, 0) is 9.59 Å². The van der Waals surface area contributed by atoms with Crippen molar-refractivity contribution in [3.63, 3.8) is 0 Å². The molecule has 0 spiro atoms. The van der Waals surface area contributed by atoms with E-state index in [0.717, 1.165) is 25.7 Å². The van der Waals surface area contributed by atoms with Gasteiger partial charge in [0.1, 0.15) is 5.76 Å². The van der Waals surface area contributed by atoms with E-state index in [9.17, 15) is 14.4 Å². The van der Waals surface area contributed by atoms with Gasteiger partial charge in [-0.15, -0.1) is 11.3 Å². The SMILES string of the molecule is O=C(NCC(=O)N(c1ccc2c(c1)OCO2)C(C(=O)NC1CCCC1)c1ccco1)c1cccs1. The second kappa shape index (κ2) is 10.2. The van der Waals surface area contributed by atoms with Crippen LogP contribution in [0.4, 0.5) is 5.69 Å². The molecule has 1 aromatic carbocycles. The molecule has 5 rings (SSSR count). The van der Waals surface area contributed by atoms with Crippen molar-refractivity contribution >= 4 is 34.7 Å². The van der Waals surface area contributed by atoms with Crippen molar-refractivity contribution in [2.45, 2.75) is 37.8 Å². The molecule has 9 nitrogen and oxygen atoms in total. The van der Waals surface area contributed by atoms with E-state index in [1.165, 1.54) is 22.5 Å². The molecule has 2 aliphatic rings. The molecule has 3 aromatic rings. The van der Waals surface area contributed by atoms with Gasteiger partial charge in [-0.1, -0.05) is 18.9 Å². The molecule has 0 bridgehead atoms. The first-order chi connectivity index (χ1) is 17.1. The van der Waals surface area contributed by atoms with Crippen molar-refractivity contribution in [1.82, 2.24) is 10.6 Å². The highest BCUT2D eigenvalue weighted by Gasteiger charge is 2.37. The summed E-state index contributed by atoms with van der Waals surface area (Å²) in [6.45, 7) is -0.230. The maximum Gasteiger partial charge on any atom is 0.261 e. The van der Waals surface area contributed by atoms with E-state index in [0.29, 0.717) is 27.8 Å². The van der Waals surface area contributed by atoms with Crippen molar-refractivity contribution in [2.75, 3.05) is 18.2 Å². The summed E-state index contributed by atoms with van der Waals surface area (Å²) in [5, 5.41) is 7.53. The molecule has 1 fully saturated rings. The van der Waals surface area contributed by atoms with Crippen molar-refractivity contribution in [2.24, 2.45) is 0 Å². The number of furan rings is 1. The van der Waals surface area contributed by atoms with Crippen LogP contribution in [0.25, 0.3) is 0 Å². The zero-order chi connectivity index (χ0) is 24.2. The molecule has 1 aliphatic carbocycles. The molecule has 3 amide bonds. The van der Waals surface area contributed by atoms with Crippen LogP contribution in [0.5, 0.6) is 11.5 Å². The Kier molecular flexibility index (Phi) is 6.71. The molecular formula is C25H25N3O6S. The fourth-order valence-electron chi connectivity index (χ4n) is 4.38. The number of rotatable bonds is 8. The van der Waals surface area contributed by atoms with Gasteiger partial charge in [-0.3, -0.25) is 19.3 Å². The fraction of sp³-hybridized carbons (Fsp3) is 0.320. The van der Waals surface area contributed by atoms with Crippen LogP contribution < -0.4 is 25.0 Å². The Labute approximate surface area is 206 Å². The van der Waals surface area contributed by atoms with E-state index in [-0.39, 0.29) is 31.2 Å². The largest absolute Gasteiger partial charge is 0.467 e. The number of carbonyl (C=O) groups excluding carboxylic acids is 3. The third kappa shape index (κ3) is 5.02. The normalized spacial score (nSPS) is 15.5. The first-order valence-corrected chi connectivity index (χ1v) is 12.4. The van der Waals surface area contributed by atoms with Crippen molar-refractivity contribution in [3.05, 3.63) is 64.7 Å². The van der Waals surface area contributed by atoms with Crippen LogP contribution in [0, 0.1) is 0 Å². The fourth-order valence-corrected chi connectivity index (χ4v) is 5.02. The van der Waals surface area contributed by atoms with Gasteiger partial charge in [0, 0.05) is 17.8 Å². The number of amides is 3. The monoisotopic (exact) mass is 495 g/mol. The number of fused-ring (bicyclic) bond motifs is 1. The van der Waals surface area contributed by atoms with Crippen molar-refractivity contribution in [3.8, 4) is 11.5 Å². The van der Waals surface area contributed by atoms with E-state index in [4.69, 9.17) is 13.9 Å². The van der Waals surface area contributed by atoms with Gasteiger partial charge >= 0.3 is 0 Å². The van der Waals surface area contributed by atoms with E-state index >= 15 is 0 Å². The summed E-state index contributed by atoms with van der Waals surface area (Å²) >= 11 is 1.28. The number of ether oxygens (including phenoxy) is 2. The molecule has 35 heavy (non-hydrogen) atoms. The number of nitrogens with one attached hydrogen (secondary N) is 2. The second-order valence-electron chi connectivity index (χ2n) is 8.37. The van der Waals surface area contributed by atoms with E-state index < -0.39 is 11.9 Å². The molecule has 182 valence electrons. The summed E-state index contributed by atoms with van der Waals surface area (Å²) in [6, 6.07) is 10.8. The lowest BCUT2D eigenvalue weighted by atomic mass is 10.1. The minimum atomic E-state index is -1.07. The molecule has 1 atom stereocenters. The summed E-state index contributed by atoms with van der Waals surface area (Å²) in [5.41, 5.74) is 0.424. The molecule has 1 unspecified atom stereocenters. The van der Waals surface area contributed by atoms with Gasteiger partial charge in [-0.25, -0.2) is 0 Å². The highest BCUT2D eigenvalue weighted by Crippen LogP contribution is 2.38. The van der Waals surface area contributed by atoms with Crippen LogP contribution in [0.15, 0.2) is 58.5 Å². The Bertz CT molecular complexity index is 1190. The summed E-state index contributed by atoms with van der Waals surface area (Å²) in [7, 11) is 0. The zero-order valence-corrected chi connectivity index (χ0v) is 19.7. The number of benzene rings is 1. The van der Waals surface area contributed by atoms with Crippen LogP contribution in [0.3, 0.4) is 0 Å². The first-order valence-electron chi connectivity index (χ1n) is 11.5. The summed E-state index contributed by atoms with van der Waals surface area (Å²) in [6.07, 6.45) is 5.36. The predicted molar refractivity (Wildman–Crippen MR) is 129 cm³/mol. The van der Waals surface area contributed by atoms with E-state index in [2.05, 4.69) is 10.6 Å². The highest BCUT2D eigenvalue weighted by atomic mass is 32.1. The summed E-state index contributed by atoms with van der Waals surface area (Å²) in [5.74, 6) is 0.161. The average Bonchev–Trinajstić information content (AvgIpc) is 3.68. The number of carbonyl (C=O) groups is 3. The Morgan fingerprint density at radius 2 is 1.89 bits per heavy atom. The van der Waals surface area contributed by atoms with Gasteiger partial charge < -0.3 is 24.5 Å². The van der Waals surface area contributed by atoms with E-state index in [1.807, 2.05) is 0 Å². The number of anilines is 1. The minimum Gasteiger partial charge on any atom is -0.467 e. The average molecular weight is 496 g/mol. The first kappa shape index (κ1) is 23.0. The molecule has 2 aromatic heterocycles. The molecule has 1 aliphatic heterocycles. The Morgan fingerprint density at radius 3 is 2.63 bits per heavy atom. The third-order valence-corrected chi connectivity index (χ3v) is 6.94. The topological polar surface area (TPSA) is 110 Å². The highest BCUT2D eigenvalue weighted by molar-refractivity contribution is 7.12. The molecule has 0 radical (unpaired) electrons. The standard InChI is InChI=1S/C25H25N3O6S/c29-22(14-26-24(30)21-8-4-12-35-21)28(17-9-10-18-20(13-17)34-15-33-18)23(19-7-3-11-32-19)25(31)27-16-5-1-2-6-16/h3-4,7-13,16,23H,1-2,5-6,14-15H2,(H,26,30)(H,27,31). The van der Waals surface area contributed by atoms with Gasteiger partial charge in [0.2, 0.25) is 12.7 Å². The minimum absolute atomic E-state index is 0.0483. The molecule has 3 heterocycles. The Morgan fingerprint density at radius 1 is 1.06 bits per heavy atom. The number of hydrogen-bond donors (Lipinski definition) is 2. The van der Waals surface area contributed by atoms with Crippen molar-refractivity contribution in [1.29, 1.82) is 0 Å². The molecule has 1 saturated carbocycles. The molecule has 10 heteroatoms. The summed E-state index contributed by atoms with van der Waals surface area (Å²) in [4.78, 5) is 41.5. The number of thiophene rings is 1. The van der Waals surface area contributed by atoms with Gasteiger partial charge in [-0.05, 0) is 48.6 Å². The second-order valence-corrected chi connectivity index (χ2v) is 9.32. The third-order valence-electron chi connectivity index (χ3n) is 6.07. The lowest BCUT2D eigenvalue weighted by Gasteiger charge is -2.31. The quantitative estimate of drug-likeness (QED) is 0.494. The maximum absolute atomic E-state index is 13.6. The number of nitrogens with zero attached hydrogens (tertiary/aromatic N) is 1. The maximum atomic E-state index is 13.6. The van der Waals surface area contributed by atoms with Crippen LogP contribution in [0.2, 0.25) is 0 Å². The van der Waals surface area contributed by atoms with Gasteiger partial charge in [0.15, 0.2) is 17.5 Å². The molecule has 0 saturated heterocycles. The Hall–Kier alpha value is -3.79. The van der Waals surface area contributed by atoms with Gasteiger partial charge in [0.05, 0.1) is 17.7 Å². The van der Waals surface area contributed by atoms with Crippen LogP contribution in [0.1, 0.15) is 47.2 Å². The Balaban J connectivity index is 1.46. The lowest BCUT2D eigenvalue weighted by molar-refractivity contribution is -0.127. The molecule has 2 N–H and O–H groups in total. The van der Waals surface area contributed by atoms with Gasteiger partial charge in [0.25, 0.3) is 11.8 Å². The van der Waals surface area contributed by atoms with E-state index in [1.54, 1.807) is 47.8 Å². The number of hydrogen-bond acceptors (Lipinski definition) is 7. The van der Waals surface area contributed by atoms with Crippen LogP contribution >= 0.6 is 11.3 Å². The predicted octanol–water partition coefficient (Wildman–Crippen LogP) is 3.63. The summed E-state index contributed by atoms with van der Waals surface area (Å²) < 4.78 is 16.5. The lowest BCUT2D eigenvalue weighted by Crippen LogP contribution is -2.49.